The van der Waals surface area contributed by atoms with Gasteiger partial charge in [0.2, 0.25) is 0 Å². The summed E-state index contributed by atoms with van der Waals surface area (Å²) in [6.45, 7) is 6.01. The van der Waals surface area contributed by atoms with Gasteiger partial charge in [-0.1, -0.05) is 134 Å². The topological polar surface area (TPSA) is 29.3 Å². The molecule has 6 aromatic carbocycles. The van der Waals surface area contributed by atoms with Gasteiger partial charge in [0, 0.05) is 45.0 Å². The summed E-state index contributed by atoms with van der Waals surface area (Å²) in [6, 6.07) is 51.5. The van der Waals surface area contributed by atoms with Gasteiger partial charge in [0.25, 0.3) is 0 Å². The molecule has 1 aliphatic rings. The molecule has 7 aromatic rings. The van der Waals surface area contributed by atoms with Gasteiger partial charge in [0.15, 0.2) is 0 Å². The van der Waals surface area contributed by atoms with Gasteiger partial charge < -0.3 is 9.88 Å². The van der Waals surface area contributed by atoms with Crippen molar-refractivity contribution in [3.05, 3.63) is 212 Å². The summed E-state index contributed by atoms with van der Waals surface area (Å²) in [5, 5.41) is 6.06. The summed E-state index contributed by atoms with van der Waals surface area (Å²) in [5.41, 5.74) is 13.8. The lowest BCUT2D eigenvalue weighted by molar-refractivity contribution is 1.18. The maximum Gasteiger partial charge on any atom is 0.0716 e. The minimum Gasteiger partial charge on any atom is -0.361 e. The number of anilines is 1. The predicted octanol–water partition coefficient (Wildman–Crippen LogP) is 12.8. The van der Waals surface area contributed by atoms with E-state index in [1.54, 1.807) is 0 Å². The zero-order valence-electron chi connectivity index (χ0n) is 28.5. The molecule has 0 saturated carbocycles. The van der Waals surface area contributed by atoms with Crippen LogP contribution in [0.2, 0.25) is 0 Å². The van der Waals surface area contributed by atoms with E-state index in [1.807, 2.05) is 37.4 Å². The second-order valence-electron chi connectivity index (χ2n) is 12.5. The molecule has 244 valence electrons. The lowest BCUT2D eigenvalue weighted by atomic mass is 9.94. The second-order valence-corrected chi connectivity index (χ2v) is 12.5. The molecule has 2 heterocycles. The third kappa shape index (κ3) is 6.07. The molecule has 0 unspecified atom stereocenters. The molecule has 1 aromatic heterocycles. The summed E-state index contributed by atoms with van der Waals surface area (Å²) in [5.74, 6) is 0. The van der Waals surface area contributed by atoms with Crippen molar-refractivity contribution < 1.29 is 0 Å². The zero-order chi connectivity index (χ0) is 34.6. The maximum atomic E-state index is 5.45. The van der Waals surface area contributed by atoms with Crippen molar-refractivity contribution in [1.82, 2.24) is 4.57 Å². The molecule has 8 rings (SSSR count). The largest absolute Gasteiger partial charge is 0.361 e. The minimum absolute atomic E-state index is 0.871. The number of nitrogens with zero attached hydrogens (tertiary/aromatic N) is 2. The van der Waals surface area contributed by atoms with Crippen molar-refractivity contribution in [3.63, 3.8) is 0 Å². The number of fused-ring (bicyclic) bond motifs is 6. The van der Waals surface area contributed by atoms with Gasteiger partial charge in [-0.05, 0) is 83.8 Å². The highest BCUT2D eigenvalue weighted by Crippen LogP contribution is 2.43. The van der Waals surface area contributed by atoms with Crippen molar-refractivity contribution in [1.29, 1.82) is 0 Å². The highest BCUT2D eigenvalue weighted by molar-refractivity contribution is 6.16. The van der Waals surface area contributed by atoms with Crippen LogP contribution in [0.1, 0.15) is 12.5 Å². The first-order chi connectivity index (χ1) is 25.2. The summed E-state index contributed by atoms with van der Waals surface area (Å²) < 4.78 is 2.37. The van der Waals surface area contributed by atoms with Crippen molar-refractivity contribution in [3.8, 4) is 27.9 Å². The van der Waals surface area contributed by atoms with Crippen molar-refractivity contribution in [2.24, 2.45) is 4.99 Å². The van der Waals surface area contributed by atoms with Crippen LogP contribution >= 0.6 is 0 Å². The Morgan fingerprint density at radius 1 is 0.686 bits per heavy atom. The number of para-hydroxylation sites is 3. The molecule has 0 atom stereocenters. The monoisotopic (exact) mass is 655 g/mol. The van der Waals surface area contributed by atoms with Crippen LogP contribution in [0, 0.1) is 0 Å². The number of allylic oxidation sites excluding steroid dienone is 8. The van der Waals surface area contributed by atoms with Crippen LogP contribution < -0.4 is 5.32 Å². The fraction of sp³-hybridized carbons (Fsp3) is 0.0208. The first-order valence-corrected chi connectivity index (χ1v) is 17.3. The van der Waals surface area contributed by atoms with Crippen LogP contribution in [0.25, 0.3) is 49.7 Å². The van der Waals surface area contributed by atoms with Crippen molar-refractivity contribution >= 4 is 38.9 Å². The normalized spacial score (nSPS) is 14.9. The van der Waals surface area contributed by atoms with E-state index in [4.69, 9.17) is 4.99 Å². The predicted molar refractivity (Wildman–Crippen MR) is 218 cm³/mol. The average molecular weight is 656 g/mol. The Balaban J connectivity index is 1.40. The molecular formula is C48H37N3. The molecule has 0 aliphatic carbocycles. The Kier molecular flexibility index (Phi) is 8.68. The van der Waals surface area contributed by atoms with Crippen LogP contribution in [0.5, 0.6) is 0 Å². The van der Waals surface area contributed by atoms with Gasteiger partial charge in [-0.2, -0.15) is 0 Å². The molecule has 0 bridgehead atoms. The SMILES string of the molecule is C=C/C=C(\C=C/C)C1=C/C(c2ccccc2)=Nc2ccc(-c3cccc4c3c3ccccc3n4-c3ccccc3)cc2-c2ccccc2N\C=C\1. The maximum absolute atomic E-state index is 5.45. The number of hydrogen-bond donors (Lipinski definition) is 1. The highest BCUT2D eigenvalue weighted by atomic mass is 15.0. The van der Waals surface area contributed by atoms with E-state index < -0.39 is 0 Å². The van der Waals surface area contributed by atoms with E-state index in [1.165, 1.54) is 27.4 Å². The third-order valence-corrected chi connectivity index (χ3v) is 9.32. The number of benzene rings is 6. The quantitative estimate of drug-likeness (QED) is 0.178. The van der Waals surface area contributed by atoms with Crippen LogP contribution in [0.4, 0.5) is 11.4 Å². The smallest absolute Gasteiger partial charge is 0.0716 e. The summed E-state index contributed by atoms with van der Waals surface area (Å²) in [4.78, 5) is 5.45. The average Bonchev–Trinajstić information content (AvgIpc) is 3.51. The van der Waals surface area contributed by atoms with Gasteiger partial charge in [-0.3, -0.25) is 0 Å². The molecule has 0 amide bonds. The second kappa shape index (κ2) is 14.0. The van der Waals surface area contributed by atoms with E-state index in [2.05, 4.69) is 174 Å². The fourth-order valence-electron chi connectivity index (χ4n) is 7.05. The molecule has 3 nitrogen and oxygen atoms in total. The highest BCUT2D eigenvalue weighted by Gasteiger charge is 2.18. The molecule has 0 radical (unpaired) electrons. The summed E-state index contributed by atoms with van der Waals surface area (Å²) >= 11 is 0. The van der Waals surface area contributed by atoms with Crippen molar-refractivity contribution in [2.45, 2.75) is 6.92 Å². The van der Waals surface area contributed by atoms with E-state index in [9.17, 15) is 0 Å². The zero-order valence-corrected chi connectivity index (χ0v) is 28.5. The molecular weight excluding hydrogens is 619 g/mol. The Morgan fingerprint density at radius 3 is 2.24 bits per heavy atom. The van der Waals surface area contributed by atoms with Gasteiger partial charge >= 0.3 is 0 Å². The van der Waals surface area contributed by atoms with E-state index >= 15 is 0 Å². The fourth-order valence-corrected chi connectivity index (χ4v) is 7.05. The molecule has 3 heteroatoms. The number of rotatable bonds is 6. The first-order valence-electron chi connectivity index (χ1n) is 17.3. The van der Waals surface area contributed by atoms with Gasteiger partial charge in [0.1, 0.15) is 0 Å². The van der Waals surface area contributed by atoms with Crippen LogP contribution in [-0.4, -0.2) is 10.3 Å². The summed E-state index contributed by atoms with van der Waals surface area (Å²) in [7, 11) is 0. The van der Waals surface area contributed by atoms with Crippen LogP contribution in [-0.2, 0) is 0 Å². The minimum atomic E-state index is 0.871. The van der Waals surface area contributed by atoms with E-state index in [0.717, 1.165) is 56.2 Å². The molecule has 51 heavy (non-hydrogen) atoms. The molecule has 0 spiro atoms. The Labute approximate surface area is 299 Å². The van der Waals surface area contributed by atoms with Crippen molar-refractivity contribution in [2.75, 3.05) is 5.32 Å². The van der Waals surface area contributed by atoms with Crippen LogP contribution in [0.15, 0.2) is 211 Å². The number of aliphatic imine (C=N–C) groups is 1. The third-order valence-electron chi connectivity index (χ3n) is 9.32. The van der Waals surface area contributed by atoms with Gasteiger partial charge in [0.05, 0.1) is 22.4 Å². The van der Waals surface area contributed by atoms with E-state index in [-0.39, 0.29) is 0 Å². The Hall–Kier alpha value is -6.71. The first kappa shape index (κ1) is 31.6. The lowest BCUT2D eigenvalue weighted by Crippen LogP contribution is -1.99. The number of nitrogens with one attached hydrogen (secondary N) is 1. The summed E-state index contributed by atoms with van der Waals surface area (Å²) in [6.07, 6.45) is 14.3. The van der Waals surface area contributed by atoms with Gasteiger partial charge in [-0.15, -0.1) is 0 Å². The lowest BCUT2D eigenvalue weighted by Gasteiger charge is -2.15. The van der Waals surface area contributed by atoms with Gasteiger partial charge in [-0.25, -0.2) is 4.99 Å². The Morgan fingerprint density at radius 2 is 1.41 bits per heavy atom. The molecule has 1 N–H and O–H groups in total. The number of aromatic nitrogens is 1. The molecule has 0 saturated heterocycles. The van der Waals surface area contributed by atoms with E-state index in [0.29, 0.717) is 0 Å². The number of hydrogen-bond acceptors (Lipinski definition) is 2. The molecule has 1 aliphatic heterocycles. The van der Waals surface area contributed by atoms with Crippen LogP contribution in [0.3, 0.4) is 0 Å². The standard InChI is InChI=1S/C48H37N3/c1-3-16-34(17-4-2)36-30-31-49-43-25-13-11-22-40(43)42-32-37(28-29-44(42)50-45(33-36)35-18-7-5-8-19-35)39-24-15-27-47-48(39)41-23-12-14-26-46(41)51(47)38-20-9-6-10-21-38/h3-33,49H,1H2,2H3/b17-4-,31-30+,34-16+,36-33+,50-45?. The molecule has 0 fully saturated rings. The Bertz CT molecular complexity index is 2560.